The van der Waals surface area contributed by atoms with Crippen LogP contribution in [0.2, 0.25) is 0 Å². The molecule has 1 aromatic heterocycles. The van der Waals surface area contributed by atoms with Gasteiger partial charge in [0.1, 0.15) is 11.6 Å². The van der Waals surface area contributed by atoms with E-state index in [0.717, 1.165) is 56.9 Å². The van der Waals surface area contributed by atoms with Gasteiger partial charge >= 0.3 is 0 Å². The Morgan fingerprint density at radius 3 is 2.41 bits per heavy atom. The number of morpholine rings is 1. The molecule has 4 N–H and O–H groups in total. The van der Waals surface area contributed by atoms with Crippen molar-refractivity contribution in [3.05, 3.63) is 6.07 Å². The second-order valence-electron chi connectivity index (χ2n) is 6.61. The number of nitrogen functional groups attached to an aromatic ring is 1. The first-order valence-electron chi connectivity index (χ1n) is 8.18. The molecule has 22 heavy (non-hydrogen) atoms. The fourth-order valence-corrected chi connectivity index (χ4v) is 3.62. The van der Waals surface area contributed by atoms with Crippen molar-refractivity contribution in [2.45, 2.75) is 18.9 Å². The summed E-state index contributed by atoms with van der Waals surface area (Å²) in [6.07, 6.45) is 2.66. The van der Waals surface area contributed by atoms with Crippen LogP contribution in [0.15, 0.2) is 6.07 Å². The van der Waals surface area contributed by atoms with Crippen LogP contribution < -0.4 is 21.3 Å². The first-order chi connectivity index (χ1) is 10.7. The highest BCUT2D eigenvalue weighted by molar-refractivity contribution is 5.55. The molecule has 1 aromatic rings. The Balaban J connectivity index is 1.55. The number of hydrogen-bond donors (Lipinski definition) is 2. The fourth-order valence-electron chi connectivity index (χ4n) is 3.62. The summed E-state index contributed by atoms with van der Waals surface area (Å²) in [5.74, 6) is 3.56. The highest BCUT2D eigenvalue weighted by Gasteiger charge is 2.41. The van der Waals surface area contributed by atoms with Crippen LogP contribution in [0.3, 0.4) is 0 Å². The topological polar surface area (TPSA) is 93.5 Å². The Morgan fingerprint density at radius 1 is 1.05 bits per heavy atom. The van der Waals surface area contributed by atoms with Gasteiger partial charge in [-0.05, 0) is 24.7 Å². The van der Waals surface area contributed by atoms with E-state index in [-0.39, 0.29) is 6.04 Å². The maximum atomic E-state index is 6.32. The van der Waals surface area contributed by atoms with Crippen LogP contribution in [0.5, 0.6) is 0 Å². The lowest BCUT2D eigenvalue weighted by molar-refractivity contribution is 0.122. The molecule has 0 radical (unpaired) electrons. The molecule has 0 unspecified atom stereocenters. The largest absolute Gasteiger partial charge is 0.378 e. The van der Waals surface area contributed by atoms with E-state index >= 15 is 0 Å². The third-order valence-corrected chi connectivity index (χ3v) is 5.02. The summed E-state index contributed by atoms with van der Waals surface area (Å²) < 4.78 is 5.40. The zero-order valence-electron chi connectivity index (χ0n) is 12.8. The van der Waals surface area contributed by atoms with E-state index in [4.69, 9.17) is 16.2 Å². The van der Waals surface area contributed by atoms with Gasteiger partial charge in [0.15, 0.2) is 0 Å². The molecule has 3 aliphatic rings. The molecule has 2 atom stereocenters. The minimum atomic E-state index is 0.246. The lowest BCUT2D eigenvalue weighted by atomic mass is 9.99. The van der Waals surface area contributed by atoms with E-state index in [9.17, 15) is 0 Å². The highest BCUT2D eigenvalue weighted by Crippen LogP contribution is 2.41. The molecule has 1 saturated carbocycles. The average Bonchev–Trinajstić information content (AvgIpc) is 3.30. The number of ether oxygens (including phenoxy) is 1. The molecule has 3 heterocycles. The highest BCUT2D eigenvalue weighted by atomic mass is 16.5. The zero-order valence-corrected chi connectivity index (χ0v) is 12.8. The molecular weight excluding hydrogens is 280 g/mol. The van der Waals surface area contributed by atoms with E-state index in [0.29, 0.717) is 11.9 Å². The Labute approximate surface area is 130 Å². The minimum Gasteiger partial charge on any atom is -0.378 e. The lowest BCUT2D eigenvalue weighted by Gasteiger charge is -2.28. The van der Waals surface area contributed by atoms with E-state index in [1.807, 2.05) is 6.07 Å². The van der Waals surface area contributed by atoms with Crippen LogP contribution in [-0.4, -0.2) is 55.4 Å². The van der Waals surface area contributed by atoms with Crippen molar-refractivity contribution in [2.24, 2.45) is 17.6 Å². The predicted octanol–water partition coefficient (Wildman–Crippen LogP) is 0.0689. The zero-order chi connectivity index (χ0) is 15.1. The summed E-state index contributed by atoms with van der Waals surface area (Å²) in [7, 11) is 0. The number of aromatic nitrogens is 2. The molecular formula is C15H24N6O. The molecule has 4 rings (SSSR count). The van der Waals surface area contributed by atoms with E-state index in [1.165, 1.54) is 12.8 Å². The summed E-state index contributed by atoms with van der Waals surface area (Å²) in [6, 6.07) is 2.29. The molecule has 0 bridgehead atoms. The number of nitrogens with two attached hydrogens (primary N) is 2. The molecule has 120 valence electrons. The van der Waals surface area contributed by atoms with Crippen LogP contribution in [0, 0.1) is 11.8 Å². The molecule has 0 spiro atoms. The van der Waals surface area contributed by atoms with Crippen LogP contribution in [0.25, 0.3) is 0 Å². The fraction of sp³-hybridized carbons (Fsp3) is 0.733. The summed E-state index contributed by atoms with van der Waals surface area (Å²) in [6.45, 7) is 5.01. The maximum absolute atomic E-state index is 6.32. The van der Waals surface area contributed by atoms with Gasteiger partial charge in [0.05, 0.1) is 13.2 Å². The van der Waals surface area contributed by atoms with Gasteiger partial charge in [0.2, 0.25) is 5.95 Å². The molecule has 3 fully saturated rings. The minimum absolute atomic E-state index is 0.246. The Kier molecular flexibility index (Phi) is 3.54. The molecule has 7 nitrogen and oxygen atoms in total. The van der Waals surface area contributed by atoms with Gasteiger partial charge in [0.25, 0.3) is 0 Å². The van der Waals surface area contributed by atoms with Crippen molar-refractivity contribution in [3.63, 3.8) is 0 Å². The van der Waals surface area contributed by atoms with Gasteiger partial charge in [-0.1, -0.05) is 0 Å². The number of nitrogens with zero attached hydrogens (tertiary/aromatic N) is 4. The maximum Gasteiger partial charge on any atom is 0.223 e. The van der Waals surface area contributed by atoms with Gasteiger partial charge < -0.3 is 26.0 Å². The van der Waals surface area contributed by atoms with Gasteiger partial charge in [-0.15, -0.1) is 0 Å². The van der Waals surface area contributed by atoms with Crippen molar-refractivity contribution in [1.29, 1.82) is 0 Å². The number of rotatable bonds is 3. The molecule has 0 aromatic carbocycles. The number of anilines is 3. The van der Waals surface area contributed by atoms with Crippen LogP contribution in [-0.2, 0) is 4.74 Å². The molecule has 7 heteroatoms. The molecule has 2 aliphatic heterocycles. The summed E-state index contributed by atoms with van der Waals surface area (Å²) in [5.41, 5.74) is 12.3. The first kappa shape index (κ1) is 14.0. The molecule has 1 aliphatic carbocycles. The average molecular weight is 304 g/mol. The Hall–Kier alpha value is -1.60. The van der Waals surface area contributed by atoms with Crippen molar-refractivity contribution < 1.29 is 4.74 Å². The SMILES string of the molecule is Nc1nc(N2CCOCC2)cc(N2C[C@H](C3CC3)[C@@H](N)C2)n1. The predicted molar refractivity (Wildman–Crippen MR) is 85.9 cm³/mol. The van der Waals surface area contributed by atoms with Crippen molar-refractivity contribution in [1.82, 2.24) is 9.97 Å². The van der Waals surface area contributed by atoms with Gasteiger partial charge in [0, 0.05) is 38.3 Å². The summed E-state index contributed by atoms with van der Waals surface area (Å²) in [4.78, 5) is 13.3. The van der Waals surface area contributed by atoms with Crippen LogP contribution in [0.1, 0.15) is 12.8 Å². The summed E-state index contributed by atoms with van der Waals surface area (Å²) in [5, 5.41) is 0. The third kappa shape index (κ3) is 2.70. The summed E-state index contributed by atoms with van der Waals surface area (Å²) >= 11 is 0. The van der Waals surface area contributed by atoms with E-state index in [1.54, 1.807) is 0 Å². The van der Waals surface area contributed by atoms with E-state index in [2.05, 4.69) is 19.8 Å². The Bertz CT molecular complexity index is 543. The second kappa shape index (κ2) is 5.55. The lowest BCUT2D eigenvalue weighted by Crippen LogP contribution is -2.37. The van der Waals surface area contributed by atoms with E-state index < -0.39 is 0 Å². The third-order valence-electron chi connectivity index (χ3n) is 5.02. The monoisotopic (exact) mass is 304 g/mol. The van der Waals surface area contributed by atoms with Crippen molar-refractivity contribution in [2.75, 3.05) is 54.9 Å². The smallest absolute Gasteiger partial charge is 0.223 e. The second-order valence-corrected chi connectivity index (χ2v) is 6.61. The van der Waals surface area contributed by atoms with Gasteiger partial charge in [-0.2, -0.15) is 9.97 Å². The Morgan fingerprint density at radius 2 is 1.73 bits per heavy atom. The normalized spacial score (nSPS) is 29.1. The first-order valence-corrected chi connectivity index (χ1v) is 8.18. The van der Waals surface area contributed by atoms with Gasteiger partial charge in [-0.25, -0.2) is 0 Å². The van der Waals surface area contributed by atoms with Gasteiger partial charge in [-0.3, -0.25) is 0 Å². The van der Waals surface area contributed by atoms with Crippen molar-refractivity contribution in [3.8, 4) is 0 Å². The van der Waals surface area contributed by atoms with Crippen LogP contribution >= 0.6 is 0 Å². The molecule has 2 saturated heterocycles. The quantitative estimate of drug-likeness (QED) is 0.816. The van der Waals surface area contributed by atoms with Crippen LogP contribution in [0.4, 0.5) is 17.6 Å². The molecule has 0 amide bonds. The number of hydrogen-bond acceptors (Lipinski definition) is 7. The van der Waals surface area contributed by atoms with Crippen molar-refractivity contribution >= 4 is 17.6 Å². The standard InChI is InChI=1S/C15H24N6O/c16-12-9-21(8-11(12)10-1-2-10)14-7-13(18-15(17)19-14)20-3-5-22-6-4-20/h7,10-12H,1-6,8-9,16H2,(H2,17,18,19)/t11-,12+/m1/s1.